The number of hydrogen-bond donors (Lipinski definition) is 3. The SMILES string of the molecule is O=C(OC1C[C@@H](C=CP(=O)(O)O)O[C@H]1n1ccc(=O)[nH]c1=O)c1ccccc1. The number of hydrogen-bond acceptors (Lipinski definition) is 6. The number of nitrogens with zero attached hydrogens (tertiary/aromatic N) is 1. The van der Waals surface area contributed by atoms with Gasteiger partial charge in [-0.25, -0.2) is 9.59 Å². The molecule has 3 N–H and O–H groups in total. The Morgan fingerprint density at radius 2 is 1.96 bits per heavy atom. The van der Waals surface area contributed by atoms with Gasteiger partial charge in [-0.2, -0.15) is 0 Å². The van der Waals surface area contributed by atoms with Crippen LogP contribution in [0.4, 0.5) is 0 Å². The van der Waals surface area contributed by atoms with Crippen molar-refractivity contribution in [2.45, 2.75) is 24.9 Å². The molecule has 11 heteroatoms. The van der Waals surface area contributed by atoms with Gasteiger partial charge in [-0.1, -0.05) is 18.2 Å². The van der Waals surface area contributed by atoms with Crippen LogP contribution < -0.4 is 11.2 Å². The number of nitrogens with one attached hydrogen (secondary N) is 1. The first-order valence-electron chi connectivity index (χ1n) is 8.20. The van der Waals surface area contributed by atoms with E-state index in [-0.39, 0.29) is 6.42 Å². The molecule has 3 rings (SSSR count). The highest BCUT2D eigenvalue weighted by Crippen LogP contribution is 2.38. The second-order valence-electron chi connectivity index (χ2n) is 6.06. The maximum Gasteiger partial charge on any atom is 0.348 e. The standard InChI is InChI=1S/C17H17N2O8P/c20-14-6-8-19(17(22)18-14)15-13(10-12(26-15)7-9-28(23,24)25)27-16(21)11-4-2-1-3-5-11/h1-9,12-13,15H,10H2,(H,18,20,22)(H2,23,24,25)/t12-,13?,15-/m1/s1. The second-order valence-corrected chi connectivity index (χ2v) is 7.53. The summed E-state index contributed by atoms with van der Waals surface area (Å²) >= 11 is 0. The van der Waals surface area contributed by atoms with E-state index >= 15 is 0 Å². The molecule has 0 radical (unpaired) electrons. The Morgan fingerprint density at radius 1 is 1.25 bits per heavy atom. The molecule has 10 nitrogen and oxygen atoms in total. The third-order valence-corrected chi connectivity index (χ3v) is 4.55. The van der Waals surface area contributed by atoms with Crippen molar-refractivity contribution in [3.8, 4) is 0 Å². The molecule has 0 saturated carbocycles. The summed E-state index contributed by atoms with van der Waals surface area (Å²) in [4.78, 5) is 55.8. The first kappa shape index (κ1) is 20.0. The predicted octanol–water partition coefficient (Wildman–Crippen LogP) is 0.741. The molecule has 0 aliphatic carbocycles. The summed E-state index contributed by atoms with van der Waals surface area (Å²) in [5.74, 6) is 0.0440. The molecule has 2 heterocycles. The van der Waals surface area contributed by atoms with Crippen LogP contribution in [0.1, 0.15) is 23.0 Å². The number of H-pyrrole nitrogens is 1. The van der Waals surface area contributed by atoms with Crippen LogP contribution in [0.15, 0.2) is 64.1 Å². The van der Waals surface area contributed by atoms with Crippen LogP contribution >= 0.6 is 7.60 Å². The monoisotopic (exact) mass is 408 g/mol. The van der Waals surface area contributed by atoms with Crippen LogP contribution in [0.25, 0.3) is 0 Å². The van der Waals surface area contributed by atoms with Gasteiger partial charge in [0.05, 0.1) is 11.7 Å². The van der Waals surface area contributed by atoms with Gasteiger partial charge in [-0.05, 0) is 18.2 Å². The molecule has 28 heavy (non-hydrogen) atoms. The summed E-state index contributed by atoms with van der Waals surface area (Å²) < 4.78 is 23.2. The van der Waals surface area contributed by atoms with Gasteiger partial charge in [0.1, 0.15) is 0 Å². The first-order chi connectivity index (χ1) is 13.2. The van der Waals surface area contributed by atoms with Crippen LogP contribution in [0.2, 0.25) is 0 Å². The number of rotatable bonds is 5. The van der Waals surface area contributed by atoms with E-state index in [0.29, 0.717) is 11.4 Å². The van der Waals surface area contributed by atoms with Crippen LogP contribution in [0, 0.1) is 0 Å². The smallest absolute Gasteiger partial charge is 0.348 e. The van der Waals surface area contributed by atoms with Gasteiger partial charge in [0, 0.05) is 24.5 Å². The molecule has 0 spiro atoms. The lowest BCUT2D eigenvalue weighted by molar-refractivity contribution is -0.0421. The zero-order valence-electron chi connectivity index (χ0n) is 14.4. The molecule has 1 saturated heterocycles. The second kappa shape index (κ2) is 8.07. The van der Waals surface area contributed by atoms with Gasteiger partial charge in [0.2, 0.25) is 0 Å². The summed E-state index contributed by atoms with van der Waals surface area (Å²) in [7, 11) is -4.41. The Hall–Kier alpha value is -2.78. The maximum absolute atomic E-state index is 12.4. The highest BCUT2D eigenvalue weighted by molar-refractivity contribution is 7.55. The normalized spacial score (nSPS) is 22.4. The Bertz CT molecular complexity index is 1040. The number of benzene rings is 1. The van der Waals surface area contributed by atoms with Gasteiger partial charge in [-0.3, -0.25) is 18.9 Å². The van der Waals surface area contributed by atoms with E-state index in [0.717, 1.165) is 16.7 Å². The Balaban J connectivity index is 1.88. The summed E-state index contributed by atoms with van der Waals surface area (Å²) in [6, 6.07) is 9.30. The van der Waals surface area contributed by atoms with Crippen molar-refractivity contribution < 1.29 is 28.6 Å². The molecule has 1 unspecified atom stereocenters. The fourth-order valence-corrected chi connectivity index (χ4v) is 3.17. The lowest BCUT2D eigenvalue weighted by atomic mass is 10.2. The number of aromatic amines is 1. The summed E-state index contributed by atoms with van der Waals surface area (Å²) in [5.41, 5.74) is -1.07. The van der Waals surface area contributed by atoms with E-state index in [4.69, 9.17) is 19.3 Å². The minimum absolute atomic E-state index is 0.0608. The first-order valence-corrected chi connectivity index (χ1v) is 9.89. The third-order valence-electron chi connectivity index (χ3n) is 3.99. The number of carbonyl (C=O) groups is 1. The van der Waals surface area contributed by atoms with E-state index in [1.165, 1.54) is 6.20 Å². The maximum atomic E-state index is 12.4. The van der Waals surface area contributed by atoms with E-state index in [1.54, 1.807) is 30.3 Å². The van der Waals surface area contributed by atoms with E-state index in [1.807, 2.05) is 0 Å². The largest absolute Gasteiger partial charge is 0.454 e. The van der Waals surface area contributed by atoms with Crippen LogP contribution in [-0.2, 0) is 14.0 Å². The zero-order chi connectivity index (χ0) is 20.3. The fraction of sp³-hybridized carbons (Fsp3) is 0.235. The van der Waals surface area contributed by atoms with E-state index < -0.39 is 43.2 Å². The van der Waals surface area contributed by atoms with Crippen molar-refractivity contribution in [2.24, 2.45) is 0 Å². The summed E-state index contributed by atoms with van der Waals surface area (Å²) in [5, 5.41) is 0. The Labute approximate surface area is 158 Å². The Kier molecular flexibility index (Phi) is 5.76. The fourth-order valence-electron chi connectivity index (χ4n) is 2.76. The number of aromatic nitrogens is 2. The summed E-state index contributed by atoms with van der Waals surface area (Å²) in [6.45, 7) is 0. The highest BCUT2D eigenvalue weighted by Gasteiger charge is 2.39. The van der Waals surface area contributed by atoms with Crippen LogP contribution in [0.3, 0.4) is 0 Å². The van der Waals surface area contributed by atoms with Crippen molar-refractivity contribution in [1.29, 1.82) is 0 Å². The molecule has 0 amide bonds. The molecular formula is C17H17N2O8P. The lowest BCUT2D eigenvalue weighted by Gasteiger charge is -2.20. The van der Waals surface area contributed by atoms with Crippen molar-refractivity contribution in [1.82, 2.24) is 9.55 Å². The minimum atomic E-state index is -4.41. The number of carbonyl (C=O) groups excluding carboxylic acids is 1. The van der Waals surface area contributed by atoms with Crippen molar-refractivity contribution in [3.05, 3.63) is 80.9 Å². The van der Waals surface area contributed by atoms with E-state index in [9.17, 15) is 18.9 Å². The molecule has 0 bridgehead atoms. The van der Waals surface area contributed by atoms with Gasteiger partial charge in [0.15, 0.2) is 12.3 Å². The highest BCUT2D eigenvalue weighted by atomic mass is 31.2. The Morgan fingerprint density at radius 3 is 2.61 bits per heavy atom. The molecule has 2 aromatic rings. The number of ether oxygens (including phenoxy) is 2. The molecule has 1 aromatic carbocycles. The topological polar surface area (TPSA) is 148 Å². The predicted molar refractivity (Wildman–Crippen MR) is 96.7 cm³/mol. The van der Waals surface area contributed by atoms with Crippen LogP contribution in [0.5, 0.6) is 0 Å². The third kappa shape index (κ3) is 4.93. The van der Waals surface area contributed by atoms with Crippen molar-refractivity contribution >= 4 is 13.6 Å². The lowest BCUT2D eigenvalue weighted by Crippen LogP contribution is -2.36. The summed E-state index contributed by atoms with van der Waals surface area (Å²) in [6.07, 6.45) is -0.410. The van der Waals surface area contributed by atoms with Gasteiger partial charge in [0.25, 0.3) is 5.56 Å². The molecule has 1 aromatic heterocycles. The van der Waals surface area contributed by atoms with Crippen LogP contribution in [-0.4, -0.2) is 37.5 Å². The average Bonchev–Trinajstić information content (AvgIpc) is 3.03. The molecular weight excluding hydrogens is 391 g/mol. The number of esters is 1. The molecule has 148 valence electrons. The van der Waals surface area contributed by atoms with Gasteiger partial charge >= 0.3 is 19.3 Å². The molecule has 1 fully saturated rings. The van der Waals surface area contributed by atoms with Crippen molar-refractivity contribution in [2.75, 3.05) is 0 Å². The molecule has 1 aliphatic heterocycles. The van der Waals surface area contributed by atoms with Gasteiger partial charge in [-0.15, -0.1) is 0 Å². The quantitative estimate of drug-likeness (QED) is 0.485. The average molecular weight is 408 g/mol. The molecule has 1 aliphatic rings. The van der Waals surface area contributed by atoms with Gasteiger partial charge < -0.3 is 19.3 Å². The van der Waals surface area contributed by atoms with Crippen molar-refractivity contribution in [3.63, 3.8) is 0 Å². The van der Waals surface area contributed by atoms with E-state index in [2.05, 4.69) is 4.98 Å². The molecule has 3 atom stereocenters. The minimum Gasteiger partial charge on any atom is -0.454 e. The zero-order valence-corrected chi connectivity index (χ0v) is 15.3.